The molecule has 0 aromatic carbocycles. The van der Waals surface area contributed by atoms with Crippen LogP contribution in [-0.4, -0.2) is 45.4 Å². The Morgan fingerprint density at radius 3 is 2.34 bits per heavy atom. The summed E-state index contributed by atoms with van der Waals surface area (Å²) in [6.07, 6.45) is 3.04. The molecule has 260 valence electrons. The first-order valence-electron chi connectivity index (χ1n) is 17.4. The molecule has 2 aliphatic carbocycles. The second-order valence-electron chi connectivity index (χ2n) is 15.9. The van der Waals surface area contributed by atoms with Crippen LogP contribution in [0.1, 0.15) is 137 Å². The third kappa shape index (κ3) is 6.06. The van der Waals surface area contributed by atoms with E-state index in [-0.39, 0.29) is 22.5 Å². The van der Waals surface area contributed by atoms with Crippen LogP contribution in [0, 0.1) is 5.41 Å². The molecule has 0 bridgehead atoms. The number of hydrogen-bond donors (Lipinski definition) is 1. The fourth-order valence-corrected chi connectivity index (χ4v) is 9.48. The Bertz CT molecular complexity index is 1460. The molecule has 1 saturated carbocycles. The molecular weight excluding hydrogens is 625 g/mol. The number of nitrogens with zero attached hydrogens (tertiary/aromatic N) is 2. The Labute approximate surface area is 278 Å². The molecule has 6 rings (SSSR count). The van der Waals surface area contributed by atoms with Gasteiger partial charge in [0.05, 0.1) is 34.4 Å². The molecular formula is C36H52F3N2O5Si+. The van der Waals surface area contributed by atoms with Crippen LogP contribution < -0.4 is 4.73 Å². The van der Waals surface area contributed by atoms with Crippen LogP contribution in [0.15, 0.2) is 18.3 Å². The van der Waals surface area contributed by atoms with Crippen molar-refractivity contribution < 1.29 is 41.7 Å². The number of hydrogen-bond acceptors (Lipinski definition) is 6. The molecule has 11 heteroatoms. The summed E-state index contributed by atoms with van der Waals surface area (Å²) in [7, 11) is -0.604. The van der Waals surface area contributed by atoms with Crippen LogP contribution in [0.3, 0.4) is 0 Å². The molecule has 0 radical (unpaired) electrons. The number of aromatic nitrogens is 2. The predicted molar refractivity (Wildman–Crippen MR) is 173 cm³/mol. The molecule has 2 fully saturated rings. The van der Waals surface area contributed by atoms with Gasteiger partial charge in [0, 0.05) is 62.7 Å². The molecule has 47 heavy (non-hydrogen) atoms. The lowest BCUT2D eigenvalue weighted by Crippen LogP contribution is -2.53. The topological polar surface area (TPSA) is 73.9 Å². The number of halogens is 3. The minimum atomic E-state index is -4.50. The van der Waals surface area contributed by atoms with Gasteiger partial charge in [0.2, 0.25) is 11.4 Å². The van der Waals surface area contributed by atoms with E-state index in [4.69, 9.17) is 18.6 Å². The highest BCUT2D eigenvalue weighted by Gasteiger charge is 2.59. The Morgan fingerprint density at radius 2 is 1.81 bits per heavy atom. The highest BCUT2D eigenvalue weighted by atomic mass is 28.4. The first kappa shape index (κ1) is 34.8. The lowest BCUT2D eigenvalue weighted by atomic mass is 9.58. The molecule has 1 saturated heterocycles. The summed E-state index contributed by atoms with van der Waals surface area (Å²) in [5.74, 6) is -0.0754. The van der Waals surface area contributed by atoms with E-state index >= 15 is 0 Å². The Balaban J connectivity index is 1.64. The van der Waals surface area contributed by atoms with Crippen LogP contribution in [0.25, 0.3) is 0 Å². The minimum Gasteiger partial charge on any atom is -0.410 e. The van der Waals surface area contributed by atoms with Gasteiger partial charge >= 0.3 is 6.18 Å². The fraction of sp³-hybridized carbons (Fsp3) is 0.722. The standard InChI is InChI=1S/C36H52F3N2O5Si/c1-8-23(12-17-43-5)31-29-30(35(15-18-44-19-16-35)45-32(29)25-11-10-24(22-40-25)36(37,38)39)28-26(41(31)42)20-34(13-9-14-34)21-27(28)46-47(6,7)33(2,3)4/h10-11,22-23,27,32,42H,8-9,12-21H2,1-7H3/q+1/t23?,27-,32+/m0/s1. The monoisotopic (exact) mass is 677 g/mol. The maximum absolute atomic E-state index is 13.6. The van der Waals surface area contributed by atoms with Crippen LogP contribution in [0.4, 0.5) is 13.2 Å². The van der Waals surface area contributed by atoms with Gasteiger partial charge < -0.3 is 18.6 Å². The first-order valence-corrected chi connectivity index (χ1v) is 20.3. The van der Waals surface area contributed by atoms with E-state index < -0.39 is 31.8 Å². The van der Waals surface area contributed by atoms with Crippen LogP contribution in [-0.2, 0) is 36.8 Å². The van der Waals surface area contributed by atoms with E-state index in [0.29, 0.717) is 44.8 Å². The number of ether oxygens (including phenoxy) is 3. The van der Waals surface area contributed by atoms with E-state index in [2.05, 4.69) is 45.8 Å². The first-order chi connectivity index (χ1) is 22.1. The van der Waals surface area contributed by atoms with Gasteiger partial charge in [-0.3, -0.25) is 10.2 Å². The van der Waals surface area contributed by atoms with Crippen molar-refractivity contribution in [3.8, 4) is 0 Å². The van der Waals surface area contributed by atoms with Gasteiger partial charge in [-0.15, -0.1) is 0 Å². The minimum absolute atomic E-state index is 0.0251. The summed E-state index contributed by atoms with van der Waals surface area (Å²) in [5.41, 5.74) is 3.49. The zero-order chi connectivity index (χ0) is 34.0. The smallest absolute Gasteiger partial charge is 0.410 e. The maximum atomic E-state index is 13.6. The summed E-state index contributed by atoms with van der Waals surface area (Å²) < 4.78 is 68.2. The summed E-state index contributed by atoms with van der Waals surface area (Å²) in [4.78, 5) is 4.37. The quantitative estimate of drug-likeness (QED) is 0.172. The van der Waals surface area contributed by atoms with Crippen molar-refractivity contribution in [1.29, 1.82) is 0 Å². The van der Waals surface area contributed by atoms with E-state index in [0.717, 1.165) is 72.4 Å². The van der Waals surface area contributed by atoms with Crippen molar-refractivity contribution in [3.05, 3.63) is 57.7 Å². The molecule has 2 aromatic rings. The van der Waals surface area contributed by atoms with Crippen LogP contribution in [0.2, 0.25) is 18.1 Å². The van der Waals surface area contributed by atoms with Gasteiger partial charge in [0.15, 0.2) is 8.32 Å². The molecule has 0 amide bonds. The molecule has 2 spiro atoms. The number of pyridine rings is 2. The van der Waals surface area contributed by atoms with Crippen LogP contribution >= 0.6 is 0 Å². The zero-order valence-corrected chi connectivity index (χ0v) is 30.1. The van der Waals surface area contributed by atoms with Gasteiger partial charge in [0.25, 0.3) is 0 Å². The average molecular weight is 678 g/mol. The van der Waals surface area contributed by atoms with Crippen molar-refractivity contribution in [2.75, 3.05) is 26.9 Å². The summed E-state index contributed by atoms with van der Waals surface area (Å²) in [6, 6.07) is 2.51. The number of fused-ring (bicyclic) bond motifs is 4. The van der Waals surface area contributed by atoms with Crippen LogP contribution in [0.5, 0.6) is 0 Å². The van der Waals surface area contributed by atoms with Crippen molar-refractivity contribution in [2.24, 2.45) is 5.41 Å². The van der Waals surface area contributed by atoms with E-state index in [1.54, 1.807) is 7.11 Å². The molecule has 1 N–H and O–H groups in total. The maximum Gasteiger partial charge on any atom is 0.417 e. The normalized spacial score (nSPS) is 24.2. The third-order valence-corrected chi connectivity index (χ3v) is 16.5. The lowest BCUT2D eigenvalue weighted by Gasteiger charge is -2.50. The molecule has 3 atom stereocenters. The fourth-order valence-electron chi connectivity index (χ4n) is 8.21. The van der Waals surface area contributed by atoms with E-state index in [1.807, 2.05) is 0 Å². The van der Waals surface area contributed by atoms with Crippen molar-refractivity contribution in [2.45, 2.75) is 134 Å². The molecule has 7 nitrogen and oxygen atoms in total. The third-order valence-electron chi connectivity index (χ3n) is 12.0. The number of alkyl halides is 3. The average Bonchev–Trinajstić information content (AvgIpc) is 3.30. The zero-order valence-electron chi connectivity index (χ0n) is 29.1. The molecule has 1 unspecified atom stereocenters. The van der Waals surface area contributed by atoms with Gasteiger partial charge in [0.1, 0.15) is 11.7 Å². The molecule has 2 aliphatic heterocycles. The number of methoxy groups -OCH3 is 1. The summed E-state index contributed by atoms with van der Waals surface area (Å²) >= 11 is 0. The molecule has 2 aromatic heterocycles. The summed E-state index contributed by atoms with van der Waals surface area (Å²) in [5, 5.41) is 12.5. The van der Waals surface area contributed by atoms with Gasteiger partial charge in [-0.25, -0.2) is 0 Å². The predicted octanol–water partition coefficient (Wildman–Crippen LogP) is 8.46. The van der Waals surface area contributed by atoms with Crippen molar-refractivity contribution >= 4 is 8.32 Å². The second-order valence-corrected chi connectivity index (χ2v) is 20.7. The summed E-state index contributed by atoms with van der Waals surface area (Å²) in [6.45, 7) is 14.9. The van der Waals surface area contributed by atoms with E-state index in [9.17, 15) is 18.4 Å². The van der Waals surface area contributed by atoms with Gasteiger partial charge in [-0.1, -0.05) is 34.1 Å². The lowest BCUT2D eigenvalue weighted by molar-refractivity contribution is -0.916. The molecule has 4 aliphatic rings. The Kier molecular flexibility index (Phi) is 9.16. The SMILES string of the molecule is CCC(CCOC)c1c2c(c3c([n+]1O)CC1(CCC1)C[C@@H]3O[Si](C)(C)C(C)(C)C)C1(CCOCC1)O[C@@H]2c1ccc(C(F)(F)F)cn1. The highest BCUT2D eigenvalue weighted by Crippen LogP contribution is 2.61. The highest BCUT2D eigenvalue weighted by molar-refractivity contribution is 6.74. The Hall–Kier alpha value is -2.05. The number of rotatable bonds is 8. The van der Waals surface area contributed by atoms with Gasteiger partial charge in [-0.2, -0.15) is 13.2 Å². The Morgan fingerprint density at radius 1 is 1.11 bits per heavy atom. The molecule has 4 heterocycles. The van der Waals surface area contributed by atoms with Crippen molar-refractivity contribution in [3.63, 3.8) is 0 Å². The van der Waals surface area contributed by atoms with Gasteiger partial charge in [-0.05, 0) is 67.8 Å². The van der Waals surface area contributed by atoms with E-state index in [1.165, 1.54) is 17.2 Å². The second kappa shape index (κ2) is 12.4. The largest absolute Gasteiger partial charge is 0.417 e. The van der Waals surface area contributed by atoms with Crippen molar-refractivity contribution in [1.82, 2.24) is 4.98 Å².